The molecular formula is C17H16FNO2. The zero-order chi connectivity index (χ0) is 14.8. The number of ether oxygens (including phenoxy) is 1. The minimum Gasteiger partial charge on any atom is -0.494 e. The van der Waals surface area contributed by atoms with E-state index in [1.54, 1.807) is 18.2 Å². The van der Waals surface area contributed by atoms with Crippen LogP contribution >= 0.6 is 0 Å². The summed E-state index contributed by atoms with van der Waals surface area (Å²) in [6, 6.07) is 10.5. The van der Waals surface area contributed by atoms with Crippen molar-refractivity contribution in [3.05, 3.63) is 58.9 Å². The van der Waals surface area contributed by atoms with Crippen molar-refractivity contribution in [3.8, 4) is 5.75 Å². The summed E-state index contributed by atoms with van der Waals surface area (Å²) in [4.78, 5) is 12.3. The van der Waals surface area contributed by atoms with Crippen LogP contribution in [0.2, 0.25) is 0 Å². The average molecular weight is 285 g/mol. The van der Waals surface area contributed by atoms with E-state index < -0.39 is 5.82 Å². The number of halogens is 1. The molecule has 1 aliphatic heterocycles. The molecule has 0 radical (unpaired) electrons. The summed E-state index contributed by atoms with van der Waals surface area (Å²) >= 11 is 0. The van der Waals surface area contributed by atoms with Crippen LogP contribution in [0.3, 0.4) is 0 Å². The van der Waals surface area contributed by atoms with E-state index in [2.05, 4.69) is 5.32 Å². The Morgan fingerprint density at radius 1 is 1.33 bits per heavy atom. The van der Waals surface area contributed by atoms with Crippen molar-refractivity contribution in [2.24, 2.45) is 0 Å². The number of rotatable bonds is 4. The first-order chi connectivity index (χ1) is 10.2. The summed E-state index contributed by atoms with van der Waals surface area (Å²) in [7, 11) is 1.41. The summed E-state index contributed by atoms with van der Waals surface area (Å²) in [5.41, 5.74) is 3.18. The van der Waals surface area contributed by atoms with Crippen molar-refractivity contribution < 1.29 is 13.9 Å². The molecule has 0 saturated carbocycles. The third kappa shape index (κ3) is 2.61. The van der Waals surface area contributed by atoms with E-state index in [1.165, 1.54) is 12.7 Å². The number of carbonyl (C=O) groups excluding carboxylic acids is 1. The Morgan fingerprint density at radius 3 is 3.00 bits per heavy atom. The fourth-order valence-corrected chi connectivity index (χ4v) is 2.59. The van der Waals surface area contributed by atoms with Gasteiger partial charge < -0.3 is 10.1 Å². The van der Waals surface area contributed by atoms with Gasteiger partial charge in [-0.3, -0.25) is 4.79 Å². The lowest BCUT2D eigenvalue weighted by molar-refractivity contribution is 0.0992. The second kappa shape index (κ2) is 5.56. The maximum Gasteiger partial charge on any atom is 0.168 e. The predicted octanol–water partition coefficient (Wildman–Crippen LogP) is 3.23. The maximum atomic E-state index is 14.1. The topological polar surface area (TPSA) is 38.3 Å². The molecule has 0 saturated heterocycles. The Hall–Kier alpha value is -2.36. The number of fused-ring (bicyclic) bond motifs is 1. The van der Waals surface area contributed by atoms with Crippen LogP contribution in [-0.4, -0.2) is 19.4 Å². The summed E-state index contributed by atoms with van der Waals surface area (Å²) in [5.74, 6) is -0.401. The highest BCUT2D eigenvalue weighted by molar-refractivity contribution is 5.98. The third-order valence-electron chi connectivity index (χ3n) is 3.76. The van der Waals surface area contributed by atoms with E-state index >= 15 is 0 Å². The first-order valence-electron chi connectivity index (χ1n) is 6.90. The molecule has 108 valence electrons. The van der Waals surface area contributed by atoms with Crippen LogP contribution < -0.4 is 10.1 Å². The summed E-state index contributed by atoms with van der Waals surface area (Å²) in [6.07, 6.45) is 1.01. The number of carbonyl (C=O) groups is 1. The molecule has 0 aromatic heterocycles. The average Bonchev–Trinajstić information content (AvgIpc) is 2.96. The van der Waals surface area contributed by atoms with Crippen LogP contribution in [0.15, 0.2) is 36.4 Å². The zero-order valence-corrected chi connectivity index (χ0v) is 11.8. The molecule has 1 N–H and O–H groups in total. The largest absolute Gasteiger partial charge is 0.494 e. The molecule has 1 heterocycles. The summed E-state index contributed by atoms with van der Waals surface area (Å²) in [6.45, 7) is 0.900. The van der Waals surface area contributed by atoms with Crippen molar-refractivity contribution in [2.45, 2.75) is 12.8 Å². The number of hydrogen-bond donors (Lipinski definition) is 1. The first kappa shape index (κ1) is 13.6. The summed E-state index contributed by atoms with van der Waals surface area (Å²) < 4.78 is 19.0. The minimum absolute atomic E-state index is 0.0296. The fraction of sp³-hybridized carbons (Fsp3) is 0.235. The molecule has 3 nitrogen and oxygen atoms in total. The highest BCUT2D eigenvalue weighted by Crippen LogP contribution is 2.25. The lowest BCUT2D eigenvalue weighted by atomic mass is 10.0. The van der Waals surface area contributed by atoms with Gasteiger partial charge in [-0.05, 0) is 29.7 Å². The molecule has 0 atom stereocenters. The van der Waals surface area contributed by atoms with E-state index in [0.717, 1.165) is 18.7 Å². The van der Waals surface area contributed by atoms with Crippen molar-refractivity contribution in [2.75, 3.05) is 19.0 Å². The highest BCUT2D eigenvalue weighted by Gasteiger charge is 2.16. The van der Waals surface area contributed by atoms with Gasteiger partial charge in [0, 0.05) is 24.2 Å². The molecule has 2 aromatic rings. The minimum atomic E-state index is -0.465. The van der Waals surface area contributed by atoms with E-state index in [-0.39, 0.29) is 18.0 Å². The fourth-order valence-electron chi connectivity index (χ4n) is 2.59. The molecule has 0 aliphatic carbocycles. The van der Waals surface area contributed by atoms with Gasteiger partial charge >= 0.3 is 0 Å². The molecule has 0 amide bonds. The lowest BCUT2D eigenvalue weighted by Crippen LogP contribution is -2.06. The number of anilines is 1. The van der Waals surface area contributed by atoms with E-state index in [0.29, 0.717) is 11.1 Å². The second-order valence-electron chi connectivity index (χ2n) is 5.08. The first-order valence-corrected chi connectivity index (χ1v) is 6.90. The number of methoxy groups -OCH3 is 1. The highest BCUT2D eigenvalue weighted by atomic mass is 19.1. The standard InChI is InChI=1S/C17H16FNO2/c1-21-16-4-2-3-13(17(16)18)10-15(20)12-6-5-11-7-8-19-14(11)9-12/h2-6,9,19H,7-8,10H2,1H3. The molecule has 0 spiro atoms. The van der Waals surface area contributed by atoms with Crippen LogP contribution in [0.1, 0.15) is 21.5 Å². The molecule has 0 unspecified atom stereocenters. The van der Waals surface area contributed by atoms with E-state index in [1.807, 2.05) is 18.2 Å². The predicted molar refractivity (Wildman–Crippen MR) is 79.6 cm³/mol. The van der Waals surface area contributed by atoms with Crippen LogP contribution in [-0.2, 0) is 12.8 Å². The molecule has 21 heavy (non-hydrogen) atoms. The Balaban J connectivity index is 1.84. The Labute approximate surface area is 122 Å². The Kier molecular flexibility index (Phi) is 3.60. The van der Waals surface area contributed by atoms with Gasteiger partial charge in [0.15, 0.2) is 17.3 Å². The SMILES string of the molecule is COc1cccc(CC(=O)c2ccc3c(c2)NCC3)c1F. The number of ketones is 1. The molecular weight excluding hydrogens is 269 g/mol. The Bertz CT molecular complexity index is 697. The molecule has 2 aromatic carbocycles. The summed E-state index contributed by atoms with van der Waals surface area (Å²) in [5, 5.41) is 3.24. The van der Waals surface area contributed by atoms with Gasteiger partial charge in [-0.25, -0.2) is 4.39 Å². The molecule has 3 rings (SSSR count). The van der Waals surface area contributed by atoms with Gasteiger partial charge in [-0.15, -0.1) is 0 Å². The molecule has 0 fully saturated rings. The zero-order valence-electron chi connectivity index (χ0n) is 11.8. The van der Waals surface area contributed by atoms with E-state index in [4.69, 9.17) is 4.74 Å². The van der Waals surface area contributed by atoms with Gasteiger partial charge in [-0.2, -0.15) is 0 Å². The molecule has 0 bridgehead atoms. The van der Waals surface area contributed by atoms with Gasteiger partial charge in [0.05, 0.1) is 7.11 Å². The van der Waals surface area contributed by atoms with Crippen molar-refractivity contribution in [3.63, 3.8) is 0 Å². The van der Waals surface area contributed by atoms with Gasteiger partial charge in [-0.1, -0.05) is 24.3 Å². The van der Waals surface area contributed by atoms with Crippen LogP contribution in [0.4, 0.5) is 10.1 Å². The van der Waals surface area contributed by atoms with E-state index in [9.17, 15) is 9.18 Å². The van der Waals surface area contributed by atoms with Crippen molar-refractivity contribution in [1.29, 1.82) is 0 Å². The monoisotopic (exact) mass is 285 g/mol. The number of Topliss-reactive ketones (excluding diaryl/α,β-unsaturated/α-hetero) is 1. The molecule has 1 aliphatic rings. The van der Waals surface area contributed by atoms with Crippen molar-refractivity contribution in [1.82, 2.24) is 0 Å². The van der Waals surface area contributed by atoms with Crippen LogP contribution in [0, 0.1) is 5.82 Å². The maximum absolute atomic E-state index is 14.1. The number of benzene rings is 2. The number of nitrogens with one attached hydrogen (secondary N) is 1. The van der Waals surface area contributed by atoms with Gasteiger partial charge in [0.2, 0.25) is 0 Å². The van der Waals surface area contributed by atoms with Gasteiger partial charge in [0.1, 0.15) is 0 Å². The lowest BCUT2D eigenvalue weighted by Gasteiger charge is -2.08. The molecule has 4 heteroatoms. The number of hydrogen-bond acceptors (Lipinski definition) is 3. The van der Waals surface area contributed by atoms with Crippen molar-refractivity contribution >= 4 is 11.5 Å². The second-order valence-corrected chi connectivity index (χ2v) is 5.08. The quantitative estimate of drug-likeness (QED) is 0.877. The van der Waals surface area contributed by atoms with Gasteiger partial charge in [0.25, 0.3) is 0 Å². The smallest absolute Gasteiger partial charge is 0.168 e. The van der Waals surface area contributed by atoms with Crippen LogP contribution in [0.5, 0.6) is 5.75 Å². The normalized spacial score (nSPS) is 12.7. The Morgan fingerprint density at radius 2 is 2.19 bits per heavy atom. The van der Waals surface area contributed by atoms with Crippen LogP contribution in [0.25, 0.3) is 0 Å². The third-order valence-corrected chi connectivity index (χ3v) is 3.76.